The van der Waals surface area contributed by atoms with E-state index in [9.17, 15) is 8.78 Å². The highest BCUT2D eigenvalue weighted by atomic mass is 19.1. The van der Waals surface area contributed by atoms with Crippen molar-refractivity contribution >= 4 is 11.4 Å². The smallest absolute Gasteiger partial charge is 0.150 e. The monoisotopic (exact) mass is 260 g/mol. The van der Waals surface area contributed by atoms with Crippen LogP contribution in [0.15, 0.2) is 36.4 Å². The minimum Gasteiger partial charge on any atom is -0.497 e. The molecule has 0 saturated heterocycles. The zero-order valence-corrected chi connectivity index (χ0v) is 10.1. The van der Waals surface area contributed by atoms with Gasteiger partial charge in [-0.3, -0.25) is 0 Å². The summed E-state index contributed by atoms with van der Waals surface area (Å²) in [4.78, 5) is 0. The van der Waals surface area contributed by atoms with Gasteiger partial charge in [-0.15, -0.1) is 0 Å². The van der Waals surface area contributed by atoms with Crippen LogP contribution in [0, 0.1) is 23.0 Å². The summed E-state index contributed by atoms with van der Waals surface area (Å²) in [6.45, 7) is 0. The number of anilines is 2. The van der Waals surface area contributed by atoms with Gasteiger partial charge in [-0.1, -0.05) is 0 Å². The Hall–Kier alpha value is -2.61. The zero-order chi connectivity index (χ0) is 13.8. The van der Waals surface area contributed by atoms with Crippen molar-refractivity contribution in [1.82, 2.24) is 0 Å². The van der Waals surface area contributed by atoms with Crippen LogP contribution in [0.2, 0.25) is 0 Å². The van der Waals surface area contributed by atoms with E-state index in [2.05, 4.69) is 5.32 Å². The fourth-order valence-electron chi connectivity index (χ4n) is 1.58. The summed E-state index contributed by atoms with van der Waals surface area (Å²) in [6, 6.07) is 10.3. The molecule has 0 bridgehead atoms. The highest BCUT2D eigenvalue weighted by Crippen LogP contribution is 2.25. The quantitative estimate of drug-likeness (QED) is 0.917. The minimum absolute atomic E-state index is 0.0599. The number of nitriles is 1. The molecule has 0 aromatic heterocycles. The van der Waals surface area contributed by atoms with E-state index < -0.39 is 11.6 Å². The molecule has 0 aliphatic rings. The molecule has 0 aliphatic carbocycles. The van der Waals surface area contributed by atoms with Gasteiger partial charge in [0.05, 0.1) is 18.7 Å². The van der Waals surface area contributed by atoms with E-state index in [-0.39, 0.29) is 11.3 Å². The van der Waals surface area contributed by atoms with Gasteiger partial charge in [-0.2, -0.15) is 5.26 Å². The Balaban J connectivity index is 2.30. The molecule has 0 saturated carbocycles. The predicted octanol–water partition coefficient (Wildman–Crippen LogP) is 3.59. The summed E-state index contributed by atoms with van der Waals surface area (Å²) in [7, 11) is 1.53. The predicted molar refractivity (Wildman–Crippen MR) is 67.3 cm³/mol. The second kappa shape index (κ2) is 5.36. The number of rotatable bonds is 3. The highest BCUT2D eigenvalue weighted by Gasteiger charge is 2.11. The van der Waals surface area contributed by atoms with Gasteiger partial charge in [0, 0.05) is 5.69 Å². The maximum Gasteiger partial charge on any atom is 0.150 e. The first-order valence-corrected chi connectivity index (χ1v) is 5.44. The molecule has 96 valence electrons. The van der Waals surface area contributed by atoms with Gasteiger partial charge >= 0.3 is 0 Å². The molecule has 0 radical (unpaired) electrons. The van der Waals surface area contributed by atoms with Crippen LogP contribution in [-0.2, 0) is 0 Å². The van der Waals surface area contributed by atoms with E-state index in [1.807, 2.05) is 0 Å². The zero-order valence-electron chi connectivity index (χ0n) is 10.1. The van der Waals surface area contributed by atoms with Crippen molar-refractivity contribution in [3.63, 3.8) is 0 Å². The van der Waals surface area contributed by atoms with Crippen molar-refractivity contribution in [2.75, 3.05) is 12.4 Å². The third-order valence-corrected chi connectivity index (χ3v) is 2.53. The molecule has 3 nitrogen and oxygen atoms in total. The lowest BCUT2D eigenvalue weighted by Gasteiger charge is -2.09. The van der Waals surface area contributed by atoms with Crippen LogP contribution in [0.4, 0.5) is 20.2 Å². The molecule has 19 heavy (non-hydrogen) atoms. The number of hydrogen-bond acceptors (Lipinski definition) is 3. The van der Waals surface area contributed by atoms with E-state index >= 15 is 0 Å². The van der Waals surface area contributed by atoms with E-state index in [0.29, 0.717) is 11.4 Å². The molecule has 0 unspecified atom stereocenters. The first kappa shape index (κ1) is 12.8. The van der Waals surface area contributed by atoms with E-state index in [1.165, 1.54) is 7.11 Å². The van der Waals surface area contributed by atoms with Crippen LogP contribution in [0.3, 0.4) is 0 Å². The molecule has 0 amide bonds. The first-order chi connectivity index (χ1) is 9.13. The van der Waals surface area contributed by atoms with Crippen molar-refractivity contribution in [2.45, 2.75) is 0 Å². The van der Waals surface area contributed by atoms with Crippen LogP contribution in [-0.4, -0.2) is 7.11 Å². The SMILES string of the molecule is COc1ccc(Nc2c(F)cc(C#N)cc2F)cc1. The molecule has 0 atom stereocenters. The number of nitrogens with zero attached hydrogens (tertiary/aromatic N) is 1. The second-order valence-electron chi connectivity index (χ2n) is 3.78. The third kappa shape index (κ3) is 2.80. The lowest BCUT2D eigenvalue weighted by molar-refractivity contribution is 0.415. The third-order valence-electron chi connectivity index (χ3n) is 2.53. The maximum absolute atomic E-state index is 13.7. The van der Waals surface area contributed by atoms with Gasteiger partial charge in [0.2, 0.25) is 0 Å². The Kier molecular flexibility index (Phi) is 3.62. The topological polar surface area (TPSA) is 45.0 Å². The molecule has 0 spiro atoms. The second-order valence-corrected chi connectivity index (χ2v) is 3.78. The summed E-state index contributed by atoms with van der Waals surface area (Å²) >= 11 is 0. The van der Waals surface area contributed by atoms with Gasteiger partial charge in [0.1, 0.15) is 11.4 Å². The summed E-state index contributed by atoms with van der Waals surface area (Å²) in [5.74, 6) is -0.981. The Morgan fingerprint density at radius 3 is 2.16 bits per heavy atom. The van der Waals surface area contributed by atoms with Crippen LogP contribution in [0.5, 0.6) is 5.75 Å². The average Bonchev–Trinajstić information content (AvgIpc) is 2.43. The lowest BCUT2D eigenvalue weighted by Crippen LogP contribution is -1.98. The van der Waals surface area contributed by atoms with Crippen molar-refractivity contribution in [2.24, 2.45) is 0 Å². The molecule has 0 heterocycles. The van der Waals surface area contributed by atoms with Crippen LogP contribution in [0.25, 0.3) is 0 Å². The lowest BCUT2D eigenvalue weighted by atomic mass is 10.2. The van der Waals surface area contributed by atoms with Gasteiger partial charge in [0.15, 0.2) is 11.6 Å². The Bertz CT molecular complexity index is 610. The van der Waals surface area contributed by atoms with E-state index in [4.69, 9.17) is 10.00 Å². The minimum atomic E-state index is -0.813. The molecule has 0 fully saturated rings. The number of methoxy groups -OCH3 is 1. The number of nitrogens with one attached hydrogen (secondary N) is 1. The van der Waals surface area contributed by atoms with Crippen molar-refractivity contribution in [3.05, 3.63) is 53.6 Å². The molecule has 5 heteroatoms. The molecule has 1 N–H and O–H groups in total. The summed E-state index contributed by atoms with van der Waals surface area (Å²) in [5.41, 5.74) is 0.169. The van der Waals surface area contributed by atoms with Crippen molar-refractivity contribution < 1.29 is 13.5 Å². The fraction of sp³-hybridized carbons (Fsp3) is 0.0714. The maximum atomic E-state index is 13.7. The highest BCUT2D eigenvalue weighted by molar-refractivity contribution is 5.62. The van der Waals surface area contributed by atoms with Crippen molar-refractivity contribution in [3.8, 4) is 11.8 Å². The molecule has 2 aromatic rings. The molecular weight excluding hydrogens is 250 g/mol. The van der Waals surface area contributed by atoms with Gasteiger partial charge in [-0.25, -0.2) is 8.78 Å². The summed E-state index contributed by atoms with van der Waals surface area (Å²) in [6.07, 6.45) is 0. The summed E-state index contributed by atoms with van der Waals surface area (Å²) in [5, 5.41) is 11.2. The van der Waals surface area contributed by atoms with Crippen molar-refractivity contribution in [1.29, 1.82) is 5.26 Å². The largest absolute Gasteiger partial charge is 0.497 e. The van der Waals surface area contributed by atoms with Crippen LogP contribution in [0.1, 0.15) is 5.56 Å². The molecule has 2 rings (SSSR count). The number of benzene rings is 2. The molecule has 0 aliphatic heterocycles. The standard InChI is InChI=1S/C14H10F2N2O/c1-19-11-4-2-10(3-5-11)18-14-12(15)6-9(8-17)7-13(14)16/h2-7,18H,1H3. The summed E-state index contributed by atoms with van der Waals surface area (Å²) < 4.78 is 32.3. The normalized spacial score (nSPS) is 9.79. The van der Waals surface area contributed by atoms with Gasteiger partial charge < -0.3 is 10.1 Å². The average molecular weight is 260 g/mol. The number of halogens is 2. The van der Waals surface area contributed by atoms with Gasteiger partial charge in [-0.05, 0) is 36.4 Å². The number of hydrogen-bond donors (Lipinski definition) is 1. The Morgan fingerprint density at radius 2 is 1.68 bits per heavy atom. The molecular formula is C14H10F2N2O. The Morgan fingerprint density at radius 1 is 1.11 bits per heavy atom. The van der Waals surface area contributed by atoms with Crippen LogP contribution < -0.4 is 10.1 Å². The first-order valence-electron chi connectivity index (χ1n) is 5.44. The van der Waals surface area contributed by atoms with Gasteiger partial charge in [0.25, 0.3) is 0 Å². The number of ether oxygens (including phenoxy) is 1. The van der Waals surface area contributed by atoms with Crippen LogP contribution >= 0.6 is 0 Å². The molecule has 2 aromatic carbocycles. The fourth-order valence-corrected chi connectivity index (χ4v) is 1.58. The van der Waals surface area contributed by atoms with E-state index in [0.717, 1.165) is 12.1 Å². The van der Waals surface area contributed by atoms with E-state index in [1.54, 1.807) is 30.3 Å². The Labute approximate surface area is 109 Å².